The lowest BCUT2D eigenvalue weighted by molar-refractivity contribution is 1.07. The highest BCUT2D eigenvalue weighted by Crippen LogP contribution is 2.46. The molecule has 0 saturated carbocycles. The molecule has 0 radical (unpaired) electrons. The van der Waals surface area contributed by atoms with Crippen molar-refractivity contribution in [2.45, 2.75) is 0 Å². The summed E-state index contributed by atoms with van der Waals surface area (Å²) in [7, 11) is 0. The number of rotatable bonds is 10. The van der Waals surface area contributed by atoms with Gasteiger partial charge < -0.3 is 9.13 Å². The lowest BCUT2D eigenvalue weighted by Gasteiger charge is -2.19. The van der Waals surface area contributed by atoms with E-state index in [4.69, 9.17) is 28.1 Å². The zero-order valence-corrected chi connectivity index (χ0v) is 47.9. The van der Waals surface area contributed by atoms with Crippen molar-refractivity contribution in [2.75, 3.05) is 0 Å². The van der Waals surface area contributed by atoms with Crippen molar-refractivity contribution >= 4 is 55.0 Å². The van der Waals surface area contributed by atoms with Gasteiger partial charge in [0.2, 0.25) is 0 Å². The normalized spacial score (nSPS) is 11.1. The monoisotopic (exact) mass is 1140 g/mol. The first-order valence-corrected chi connectivity index (χ1v) is 29.0. The summed E-state index contributed by atoms with van der Waals surface area (Å²) in [6.07, 6.45) is 0. The van der Waals surface area contributed by atoms with E-state index in [1.165, 1.54) is 0 Å². The van der Waals surface area contributed by atoms with Gasteiger partial charge in [-0.05, 0) is 177 Å². The van der Waals surface area contributed by atoms with Gasteiger partial charge in [-0.2, -0.15) is 15.8 Å². The molecule has 3 heterocycles. The molecule has 12 aromatic carbocycles. The summed E-state index contributed by atoms with van der Waals surface area (Å²) >= 11 is 0. The molecule has 0 aliphatic heterocycles. The van der Waals surface area contributed by atoms with Gasteiger partial charge in [-0.1, -0.05) is 146 Å². The van der Waals surface area contributed by atoms with Crippen LogP contribution in [0.15, 0.2) is 267 Å². The molecule has 3 aromatic heterocycles. The van der Waals surface area contributed by atoms with Gasteiger partial charge in [0.15, 0.2) is 28.8 Å². The average Bonchev–Trinajstić information content (AvgIpc) is 1.59. The van der Waals surface area contributed by atoms with Crippen LogP contribution in [0, 0.1) is 47.1 Å². The predicted molar refractivity (Wildman–Crippen MR) is 359 cm³/mol. The third kappa shape index (κ3) is 9.50. The Morgan fingerprint density at radius 1 is 0.300 bits per heavy atom. The molecule has 0 amide bonds. The van der Waals surface area contributed by atoms with E-state index >= 15 is 0 Å². The maximum atomic E-state index is 9.98. The van der Waals surface area contributed by atoms with Gasteiger partial charge in [0.05, 0.1) is 75.8 Å². The second kappa shape index (κ2) is 22.3. The Hall–Kier alpha value is -13.3. The number of nitriles is 3. The fraction of sp³-hybridized carbons (Fsp3) is 0. The van der Waals surface area contributed by atoms with E-state index in [0.717, 1.165) is 116 Å². The molecule has 0 bridgehead atoms. The SMILES string of the molecule is [C-]#[N+]c1cccc(-c2ccc3c(c2)c2cc(-c4cccc(C#N)c4)ccc2n3-c2ccc(-c3nc(-c4ccccc4)nc(-c4ccccc4)n3)cc2-c2cc(-n3c4ccc(-c5cccc(C#N)c5)cc4c4cc(-c5cccc(C#N)c5)ccc43)ccc2[N+]#[C-])c1. The van der Waals surface area contributed by atoms with Crippen LogP contribution in [0.4, 0.5) is 11.4 Å². The molecule has 0 unspecified atom stereocenters. The lowest BCUT2D eigenvalue weighted by Crippen LogP contribution is -2.02. The van der Waals surface area contributed by atoms with Crippen LogP contribution in [0.1, 0.15) is 16.7 Å². The van der Waals surface area contributed by atoms with E-state index in [0.29, 0.717) is 56.7 Å². The number of aromatic nitrogens is 5. The van der Waals surface area contributed by atoms with Gasteiger partial charge in [0.25, 0.3) is 0 Å². The van der Waals surface area contributed by atoms with Crippen LogP contribution in [0.2, 0.25) is 0 Å². The Kier molecular flexibility index (Phi) is 13.2. The van der Waals surface area contributed by atoms with Gasteiger partial charge in [0, 0.05) is 43.9 Å². The van der Waals surface area contributed by atoms with Crippen LogP contribution >= 0.6 is 0 Å². The molecular formula is C80H44N10. The van der Waals surface area contributed by atoms with Gasteiger partial charge in [-0.15, -0.1) is 0 Å². The minimum Gasteiger partial charge on any atom is -0.309 e. The molecule has 10 heteroatoms. The van der Waals surface area contributed by atoms with Crippen LogP contribution in [-0.4, -0.2) is 24.1 Å². The summed E-state index contributed by atoms with van der Waals surface area (Å²) in [4.78, 5) is 23.5. The molecule has 10 nitrogen and oxygen atoms in total. The Balaban J connectivity index is 1.01. The number of nitrogens with zero attached hydrogens (tertiary/aromatic N) is 10. The number of hydrogen-bond acceptors (Lipinski definition) is 6. The minimum atomic E-state index is 0.422. The molecule has 15 rings (SSSR count). The molecule has 0 spiro atoms. The summed E-state index contributed by atoms with van der Waals surface area (Å²) in [6.45, 7) is 16.8. The van der Waals surface area contributed by atoms with Crippen molar-refractivity contribution in [2.24, 2.45) is 0 Å². The maximum Gasteiger partial charge on any atom is 0.195 e. The quantitative estimate of drug-likeness (QED) is 0.125. The minimum absolute atomic E-state index is 0.422. The first kappa shape index (κ1) is 53.4. The molecule has 90 heavy (non-hydrogen) atoms. The van der Waals surface area contributed by atoms with Crippen molar-refractivity contribution in [3.05, 3.63) is 306 Å². The van der Waals surface area contributed by atoms with Crippen molar-refractivity contribution < 1.29 is 0 Å². The van der Waals surface area contributed by atoms with E-state index in [1.807, 2.05) is 158 Å². The lowest BCUT2D eigenvalue weighted by atomic mass is 9.97. The summed E-state index contributed by atoms with van der Waals surface area (Å²) in [5.41, 5.74) is 19.1. The van der Waals surface area contributed by atoms with Crippen LogP contribution in [-0.2, 0) is 0 Å². The van der Waals surface area contributed by atoms with Crippen molar-refractivity contribution in [3.63, 3.8) is 0 Å². The second-order valence-electron chi connectivity index (χ2n) is 21.9. The Morgan fingerprint density at radius 2 is 0.689 bits per heavy atom. The molecule has 0 saturated heterocycles. The molecule has 0 aliphatic rings. The molecule has 414 valence electrons. The predicted octanol–water partition coefficient (Wildman–Crippen LogP) is 20.1. The summed E-state index contributed by atoms with van der Waals surface area (Å²) in [5.74, 6) is 1.47. The third-order valence-corrected chi connectivity index (χ3v) is 16.7. The second-order valence-corrected chi connectivity index (χ2v) is 21.9. The highest BCUT2D eigenvalue weighted by molar-refractivity contribution is 6.14. The van der Waals surface area contributed by atoms with E-state index in [9.17, 15) is 15.8 Å². The van der Waals surface area contributed by atoms with E-state index < -0.39 is 0 Å². The van der Waals surface area contributed by atoms with Crippen LogP contribution < -0.4 is 0 Å². The molecule has 0 fully saturated rings. The zero-order valence-electron chi connectivity index (χ0n) is 47.9. The van der Waals surface area contributed by atoms with Gasteiger partial charge in [-0.3, -0.25) is 0 Å². The van der Waals surface area contributed by atoms with Crippen LogP contribution in [0.5, 0.6) is 0 Å². The van der Waals surface area contributed by atoms with Crippen molar-refractivity contribution in [3.8, 4) is 119 Å². The van der Waals surface area contributed by atoms with Crippen LogP contribution in [0.3, 0.4) is 0 Å². The molecule has 15 aromatic rings. The zero-order chi connectivity index (χ0) is 60.8. The molecule has 0 N–H and O–H groups in total. The Morgan fingerprint density at radius 3 is 1.12 bits per heavy atom. The highest BCUT2D eigenvalue weighted by Gasteiger charge is 2.24. The molecule has 0 atom stereocenters. The van der Waals surface area contributed by atoms with Gasteiger partial charge in [-0.25, -0.2) is 24.6 Å². The van der Waals surface area contributed by atoms with Crippen LogP contribution in [0.25, 0.3) is 154 Å². The molecular weight excluding hydrogens is 1100 g/mol. The maximum absolute atomic E-state index is 9.98. The Labute approximate surface area is 517 Å². The smallest absolute Gasteiger partial charge is 0.195 e. The fourth-order valence-electron chi connectivity index (χ4n) is 12.4. The number of fused-ring (bicyclic) bond motifs is 6. The largest absolute Gasteiger partial charge is 0.309 e. The van der Waals surface area contributed by atoms with E-state index in [-0.39, 0.29) is 0 Å². The van der Waals surface area contributed by atoms with Crippen molar-refractivity contribution in [1.82, 2.24) is 24.1 Å². The van der Waals surface area contributed by atoms with Crippen molar-refractivity contribution in [1.29, 1.82) is 15.8 Å². The summed E-state index contributed by atoms with van der Waals surface area (Å²) in [6, 6.07) is 95.1. The van der Waals surface area contributed by atoms with Gasteiger partial charge >= 0.3 is 0 Å². The average molecular weight is 1150 g/mol. The fourth-order valence-corrected chi connectivity index (χ4v) is 12.4. The van der Waals surface area contributed by atoms with E-state index in [1.54, 1.807) is 18.2 Å². The first-order chi connectivity index (χ1) is 44.3. The summed E-state index contributed by atoms with van der Waals surface area (Å²) < 4.78 is 4.51. The summed E-state index contributed by atoms with van der Waals surface area (Å²) in [5, 5.41) is 33.7. The topological polar surface area (TPSA) is 129 Å². The number of hydrogen-bond donors (Lipinski definition) is 0. The molecule has 0 aliphatic carbocycles. The first-order valence-electron chi connectivity index (χ1n) is 29.0. The Bertz CT molecular complexity index is 5400. The number of benzene rings is 12. The third-order valence-electron chi connectivity index (χ3n) is 16.7. The van der Waals surface area contributed by atoms with E-state index in [2.05, 4.69) is 128 Å². The highest BCUT2D eigenvalue weighted by atomic mass is 15.0. The standard InChI is InChI=1S/C80H44N10/c1-84-64-24-12-23-58(40-64)62-28-35-77-71(44-62)70-43-61(57-22-11-15-52(39-57)49-83)27-34-76(70)90(77)75-36-29-63(80-87-78(53-16-5-3-6-17-53)86-79(88-80)54-18-7-4-8-19-54)45-67(75)66-46-65(30-31-72(66)85-2)89-73-32-25-59(55-20-9-13-50(37-55)47-81)41-68(73)69-42-60(26-33-74(69)89)56-21-10-14-51(38-56)48-82/h3-46H. The van der Waals surface area contributed by atoms with Gasteiger partial charge in [0.1, 0.15) is 0 Å².